The summed E-state index contributed by atoms with van der Waals surface area (Å²) in [6, 6.07) is 14.3. The third-order valence-corrected chi connectivity index (χ3v) is 5.51. The number of aldehydes is 1. The van der Waals surface area contributed by atoms with E-state index in [-0.39, 0.29) is 23.9 Å². The van der Waals surface area contributed by atoms with Gasteiger partial charge in [0.2, 0.25) is 5.88 Å². The summed E-state index contributed by atoms with van der Waals surface area (Å²) in [6.07, 6.45) is 3.30. The number of anilines is 1. The van der Waals surface area contributed by atoms with Crippen LogP contribution in [0.5, 0.6) is 5.88 Å². The van der Waals surface area contributed by atoms with Crippen molar-refractivity contribution in [3.63, 3.8) is 0 Å². The van der Waals surface area contributed by atoms with Gasteiger partial charge in [0.15, 0.2) is 5.78 Å². The number of benzene rings is 2. The van der Waals surface area contributed by atoms with E-state index < -0.39 is 5.82 Å². The second-order valence-electron chi connectivity index (χ2n) is 7.32. The molecule has 2 heterocycles. The van der Waals surface area contributed by atoms with Gasteiger partial charge in [0.25, 0.3) is 0 Å². The Kier molecular flexibility index (Phi) is 6.28. The van der Waals surface area contributed by atoms with Crippen molar-refractivity contribution in [2.45, 2.75) is 18.9 Å². The van der Waals surface area contributed by atoms with E-state index in [4.69, 9.17) is 16.3 Å². The Morgan fingerprint density at radius 3 is 2.81 bits per heavy atom. The number of nitrogens with zero attached hydrogens (tertiary/aromatic N) is 2. The molecule has 3 aromatic rings. The van der Waals surface area contributed by atoms with Gasteiger partial charge in [-0.25, -0.2) is 9.37 Å². The van der Waals surface area contributed by atoms with Crippen LogP contribution in [0.2, 0.25) is 5.02 Å². The number of aromatic nitrogens is 1. The number of halogens is 2. The van der Waals surface area contributed by atoms with Crippen LogP contribution in [0.1, 0.15) is 27.9 Å². The van der Waals surface area contributed by atoms with E-state index >= 15 is 0 Å². The largest absolute Gasteiger partial charge is 0.471 e. The Morgan fingerprint density at radius 2 is 2.03 bits per heavy atom. The Hall–Kier alpha value is -3.25. The molecule has 0 bridgehead atoms. The molecule has 1 unspecified atom stereocenters. The lowest BCUT2D eigenvalue weighted by Crippen LogP contribution is -2.26. The molecule has 4 rings (SSSR count). The van der Waals surface area contributed by atoms with Crippen LogP contribution in [0.25, 0.3) is 0 Å². The van der Waals surface area contributed by atoms with Crippen molar-refractivity contribution in [3.05, 3.63) is 88.3 Å². The van der Waals surface area contributed by atoms with Gasteiger partial charge < -0.3 is 14.4 Å². The van der Waals surface area contributed by atoms with E-state index in [0.717, 1.165) is 30.5 Å². The number of hydrogen-bond donors (Lipinski definition) is 0. The summed E-state index contributed by atoms with van der Waals surface area (Å²) < 4.78 is 19.4. The zero-order valence-corrected chi connectivity index (χ0v) is 17.4. The molecule has 1 aliphatic heterocycles. The molecule has 0 N–H and O–H groups in total. The predicted molar refractivity (Wildman–Crippen MR) is 117 cm³/mol. The standard InChI is InChI=1S/C24H20ClFN2O3/c25-21-5-2-10-27-24(21)31-20-8-11-28(15-20)22-7-6-18(13-16(22)9-12-29)23(30)17-3-1-4-19(26)14-17/h1-7,10,12-14,20H,8-9,11,15H2. The lowest BCUT2D eigenvalue weighted by atomic mass is 9.98. The van der Waals surface area contributed by atoms with Crippen molar-refractivity contribution < 1.29 is 18.7 Å². The first kappa shape index (κ1) is 21.0. The summed E-state index contributed by atoms with van der Waals surface area (Å²) in [5.74, 6) is -0.350. The Morgan fingerprint density at radius 1 is 1.19 bits per heavy atom. The minimum atomic E-state index is -0.466. The maximum absolute atomic E-state index is 13.5. The van der Waals surface area contributed by atoms with Gasteiger partial charge in [0, 0.05) is 42.4 Å². The highest BCUT2D eigenvalue weighted by Gasteiger charge is 2.27. The molecule has 2 aromatic carbocycles. The van der Waals surface area contributed by atoms with E-state index in [0.29, 0.717) is 23.0 Å². The smallest absolute Gasteiger partial charge is 0.232 e. The summed E-state index contributed by atoms with van der Waals surface area (Å²) in [6.45, 7) is 1.34. The molecule has 0 radical (unpaired) electrons. The fourth-order valence-corrected chi connectivity index (χ4v) is 3.91. The van der Waals surface area contributed by atoms with Crippen LogP contribution < -0.4 is 9.64 Å². The number of carbonyl (C=O) groups is 2. The van der Waals surface area contributed by atoms with Crippen molar-refractivity contribution in [2.24, 2.45) is 0 Å². The van der Waals surface area contributed by atoms with E-state index in [1.807, 2.05) is 6.07 Å². The van der Waals surface area contributed by atoms with Crippen molar-refractivity contribution in [1.82, 2.24) is 4.98 Å². The van der Waals surface area contributed by atoms with E-state index in [2.05, 4.69) is 9.88 Å². The van der Waals surface area contributed by atoms with Gasteiger partial charge in [-0.05, 0) is 48.0 Å². The van der Waals surface area contributed by atoms with Crippen LogP contribution >= 0.6 is 11.6 Å². The minimum absolute atomic E-state index is 0.0925. The predicted octanol–water partition coefficient (Wildman–Crippen LogP) is 4.50. The van der Waals surface area contributed by atoms with Crippen molar-refractivity contribution in [3.8, 4) is 5.88 Å². The fourth-order valence-electron chi connectivity index (χ4n) is 3.74. The van der Waals surface area contributed by atoms with Crippen LogP contribution in [-0.4, -0.2) is 36.2 Å². The molecule has 1 fully saturated rings. The fraction of sp³-hybridized carbons (Fsp3) is 0.208. The van der Waals surface area contributed by atoms with Gasteiger partial charge in [0.05, 0.1) is 6.54 Å². The molecule has 0 amide bonds. The average Bonchev–Trinajstić information content (AvgIpc) is 3.23. The second-order valence-corrected chi connectivity index (χ2v) is 7.73. The van der Waals surface area contributed by atoms with Crippen molar-refractivity contribution in [1.29, 1.82) is 0 Å². The molecule has 0 aliphatic carbocycles. The molecule has 0 spiro atoms. The van der Waals surface area contributed by atoms with Gasteiger partial charge >= 0.3 is 0 Å². The first-order chi connectivity index (χ1) is 15.0. The second kappa shape index (κ2) is 9.27. The SMILES string of the molecule is O=CCc1cc(C(=O)c2cccc(F)c2)ccc1N1CCC(Oc2ncccc2Cl)C1. The molecule has 1 aliphatic rings. The highest BCUT2D eigenvalue weighted by molar-refractivity contribution is 6.31. The molecule has 1 aromatic heterocycles. The summed E-state index contributed by atoms with van der Waals surface area (Å²) in [5.41, 5.74) is 2.31. The van der Waals surface area contributed by atoms with Gasteiger partial charge in [-0.2, -0.15) is 0 Å². The van der Waals surface area contributed by atoms with E-state index in [1.54, 1.807) is 36.5 Å². The van der Waals surface area contributed by atoms with E-state index in [1.165, 1.54) is 18.2 Å². The normalized spacial score (nSPS) is 15.7. The minimum Gasteiger partial charge on any atom is -0.471 e. The third kappa shape index (κ3) is 4.75. The van der Waals surface area contributed by atoms with Gasteiger partial charge in [-0.1, -0.05) is 23.7 Å². The van der Waals surface area contributed by atoms with Gasteiger partial charge in [0.1, 0.15) is 23.2 Å². The zero-order valence-electron chi connectivity index (χ0n) is 16.6. The summed E-state index contributed by atoms with van der Waals surface area (Å²) in [4.78, 5) is 30.3. The monoisotopic (exact) mass is 438 g/mol. The quantitative estimate of drug-likeness (QED) is 0.401. The summed E-state index contributed by atoms with van der Waals surface area (Å²) in [7, 11) is 0. The topological polar surface area (TPSA) is 59.5 Å². The molecular weight excluding hydrogens is 419 g/mol. The summed E-state index contributed by atoms with van der Waals surface area (Å²) in [5, 5.41) is 0.461. The Bertz CT molecular complexity index is 1120. The average molecular weight is 439 g/mol. The highest BCUT2D eigenvalue weighted by Crippen LogP contribution is 2.30. The van der Waals surface area contributed by atoms with Crippen LogP contribution in [0.4, 0.5) is 10.1 Å². The van der Waals surface area contributed by atoms with Crippen LogP contribution in [0, 0.1) is 5.82 Å². The molecule has 0 saturated carbocycles. The van der Waals surface area contributed by atoms with Gasteiger partial charge in [-0.3, -0.25) is 4.79 Å². The molecule has 7 heteroatoms. The lowest BCUT2D eigenvalue weighted by molar-refractivity contribution is -0.107. The number of pyridine rings is 1. The Balaban J connectivity index is 1.54. The maximum Gasteiger partial charge on any atom is 0.232 e. The molecule has 1 saturated heterocycles. The van der Waals surface area contributed by atoms with Crippen molar-refractivity contribution >= 4 is 29.4 Å². The molecule has 158 valence electrons. The molecule has 1 atom stereocenters. The third-order valence-electron chi connectivity index (χ3n) is 5.22. The molecular formula is C24H20ClFN2O3. The van der Waals surface area contributed by atoms with E-state index in [9.17, 15) is 14.0 Å². The Labute approximate surface area is 184 Å². The summed E-state index contributed by atoms with van der Waals surface area (Å²) >= 11 is 6.13. The maximum atomic E-state index is 13.5. The number of ketones is 1. The highest BCUT2D eigenvalue weighted by atomic mass is 35.5. The first-order valence-corrected chi connectivity index (χ1v) is 10.3. The number of rotatable bonds is 7. The number of ether oxygens (including phenoxy) is 1. The molecule has 31 heavy (non-hydrogen) atoms. The van der Waals surface area contributed by atoms with Crippen LogP contribution in [0.3, 0.4) is 0 Å². The van der Waals surface area contributed by atoms with Crippen LogP contribution in [0.15, 0.2) is 60.8 Å². The van der Waals surface area contributed by atoms with Crippen molar-refractivity contribution in [2.75, 3.05) is 18.0 Å². The van der Waals surface area contributed by atoms with Gasteiger partial charge in [-0.15, -0.1) is 0 Å². The zero-order chi connectivity index (χ0) is 21.8. The number of carbonyl (C=O) groups excluding carboxylic acids is 2. The molecule has 5 nitrogen and oxygen atoms in total. The lowest BCUT2D eigenvalue weighted by Gasteiger charge is -2.22. The first-order valence-electron chi connectivity index (χ1n) is 9.94. The number of hydrogen-bond acceptors (Lipinski definition) is 5. The van der Waals surface area contributed by atoms with Crippen LogP contribution in [-0.2, 0) is 11.2 Å².